The quantitative estimate of drug-likeness (QED) is 0.680. The zero-order valence-electron chi connectivity index (χ0n) is 7.80. The van der Waals surface area contributed by atoms with Crippen LogP contribution in [0.25, 0.3) is 0 Å². The molecule has 3 nitrogen and oxygen atoms in total. The maximum absolute atomic E-state index is 11.7. The summed E-state index contributed by atoms with van der Waals surface area (Å²) in [5.41, 5.74) is 5.22. The summed E-state index contributed by atoms with van der Waals surface area (Å²) < 4.78 is 5.13. The van der Waals surface area contributed by atoms with Crippen LogP contribution in [0.1, 0.15) is 26.7 Å². The average Bonchev–Trinajstić information content (AvgIpc) is 2.50. The highest BCUT2D eigenvalue weighted by molar-refractivity contribution is 5.90. The Kier molecular flexibility index (Phi) is 2.85. The summed E-state index contributed by atoms with van der Waals surface area (Å²) in [5.74, 6) is 0.221. The molecule has 1 fully saturated rings. The van der Waals surface area contributed by atoms with E-state index >= 15 is 0 Å². The van der Waals surface area contributed by atoms with Gasteiger partial charge in [0.2, 0.25) is 0 Å². The molecule has 0 aromatic heterocycles. The van der Waals surface area contributed by atoms with Crippen LogP contribution < -0.4 is 5.73 Å². The van der Waals surface area contributed by atoms with Crippen molar-refractivity contribution in [3.05, 3.63) is 0 Å². The first-order chi connectivity index (χ1) is 5.60. The van der Waals surface area contributed by atoms with Crippen LogP contribution in [0, 0.1) is 5.92 Å². The van der Waals surface area contributed by atoms with E-state index in [1.54, 1.807) is 0 Å². The summed E-state index contributed by atoms with van der Waals surface area (Å²) in [4.78, 5) is 11.7. The molecule has 0 saturated carbocycles. The number of ether oxygens (including phenoxy) is 1. The van der Waals surface area contributed by atoms with Gasteiger partial charge >= 0.3 is 0 Å². The Bertz CT molecular complexity index is 173. The third-order valence-corrected chi connectivity index (χ3v) is 2.60. The minimum absolute atomic E-state index is 0.0664. The third-order valence-electron chi connectivity index (χ3n) is 2.60. The summed E-state index contributed by atoms with van der Waals surface area (Å²) in [7, 11) is 0. The molecule has 0 aliphatic carbocycles. The molecule has 1 saturated heterocycles. The maximum atomic E-state index is 11.7. The molecule has 0 aromatic rings. The van der Waals surface area contributed by atoms with E-state index in [1.165, 1.54) is 0 Å². The number of rotatable bonds is 3. The first-order valence-corrected chi connectivity index (χ1v) is 4.51. The van der Waals surface area contributed by atoms with Crippen LogP contribution in [0.3, 0.4) is 0 Å². The second kappa shape index (κ2) is 3.54. The van der Waals surface area contributed by atoms with Gasteiger partial charge in [0, 0.05) is 12.5 Å². The van der Waals surface area contributed by atoms with Gasteiger partial charge in [-0.15, -0.1) is 0 Å². The van der Waals surface area contributed by atoms with Gasteiger partial charge in [0.1, 0.15) is 5.54 Å². The van der Waals surface area contributed by atoms with E-state index in [4.69, 9.17) is 10.5 Å². The topological polar surface area (TPSA) is 52.3 Å². The lowest BCUT2D eigenvalue weighted by atomic mass is 9.86. The predicted octanol–water partition coefficient (Wildman–Crippen LogP) is 0.719. The van der Waals surface area contributed by atoms with Crippen LogP contribution in [-0.4, -0.2) is 24.5 Å². The lowest BCUT2D eigenvalue weighted by molar-refractivity contribution is -0.127. The van der Waals surface area contributed by atoms with E-state index in [2.05, 4.69) is 0 Å². The van der Waals surface area contributed by atoms with Gasteiger partial charge in [-0.1, -0.05) is 13.8 Å². The fourth-order valence-electron chi connectivity index (χ4n) is 1.45. The number of nitrogens with two attached hydrogens (primary N) is 1. The minimum atomic E-state index is -0.685. The molecule has 0 amide bonds. The molecule has 1 rings (SSSR count). The van der Waals surface area contributed by atoms with E-state index in [0.717, 1.165) is 6.42 Å². The van der Waals surface area contributed by atoms with Crippen LogP contribution >= 0.6 is 0 Å². The number of Topliss-reactive ketones (excluding diaryl/α,β-unsaturated/α-hetero) is 1. The molecule has 1 aliphatic rings. The van der Waals surface area contributed by atoms with Gasteiger partial charge in [-0.25, -0.2) is 0 Å². The van der Waals surface area contributed by atoms with Gasteiger partial charge in [0.25, 0.3) is 0 Å². The van der Waals surface area contributed by atoms with E-state index in [0.29, 0.717) is 19.6 Å². The number of carbonyl (C=O) groups excluding carboxylic acids is 1. The Hall–Kier alpha value is -0.410. The summed E-state index contributed by atoms with van der Waals surface area (Å²) in [6, 6.07) is 0. The SMILES string of the molecule is CCC(C)C(=O)C1(N)CCOC1. The van der Waals surface area contributed by atoms with E-state index in [9.17, 15) is 4.79 Å². The number of hydrogen-bond acceptors (Lipinski definition) is 3. The Labute approximate surface area is 73.3 Å². The molecule has 0 aromatic carbocycles. The minimum Gasteiger partial charge on any atom is -0.379 e. The zero-order chi connectivity index (χ0) is 9.19. The lowest BCUT2D eigenvalue weighted by Gasteiger charge is -2.23. The Morgan fingerprint density at radius 2 is 2.42 bits per heavy atom. The fraction of sp³-hybridized carbons (Fsp3) is 0.889. The third kappa shape index (κ3) is 1.67. The second-order valence-corrected chi connectivity index (χ2v) is 3.63. The van der Waals surface area contributed by atoms with Crippen LogP contribution in [-0.2, 0) is 9.53 Å². The molecule has 12 heavy (non-hydrogen) atoms. The molecule has 1 aliphatic heterocycles. The van der Waals surface area contributed by atoms with Crippen LogP contribution in [0.4, 0.5) is 0 Å². The monoisotopic (exact) mass is 171 g/mol. The van der Waals surface area contributed by atoms with Crippen molar-refractivity contribution >= 4 is 5.78 Å². The molecule has 0 radical (unpaired) electrons. The van der Waals surface area contributed by atoms with Gasteiger partial charge in [-0.3, -0.25) is 4.79 Å². The highest BCUT2D eigenvalue weighted by atomic mass is 16.5. The largest absolute Gasteiger partial charge is 0.379 e. The first kappa shape index (κ1) is 9.68. The van der Waals surface area contributed by atoms with E-state index in [1.807, 2.05) is 13.8 Å². The van der Waals surface area contributed by atoms with Crippen LogP contribution in [0.15, 0.2) is 0 Å². The van der Waals surface area contributed by atoms with Gasteiger partial charge in [0.05, 0.1) is 6.61 Å². The number of ketones is 1. The number of hydrogen-bond donors (Lipinski definition) is 1. The molecule has 2 unspecified atom stereocenters. The van der Waals surface area contributed by atoms with Crippen molar-refractivity contribution in [3.8, 4) is 0 Å². The van der Waals surface area contributed by atoms with E-state index < -0.39 is 5.54 Å². The average molecular weight is 171 g/mol. The molecule has 70 valence electrons. The highest BCUT2D eigenvalue weighted by Crippen LogP contribution is 2.21. The molecule has 2 N–H and O–H groups in total. The van der Waals surface area contributed by atoms with Crippen LogP contribution in [0.2, 0.25) is 0 Å². The Balaban J connectivity index is 2.61. The van der Waals surface area contributed by atoms with Gasteiger partial charge < -0.3 is 10.5 Å². The summed E-state index contributed by atoms with van der Waals surface area (Å²) in [6.45, 7) is 4.95. The van der Waals surface area contributed by atoms with E-state index in [-0.39, 0.29) is 11.7 Å². The van der Waals surface area contributed by atoms with Gasteiger partial charge in [-0.2, -0.15) is 0 Å². The first-order valence-electron chi connectivity index (χ1n) is 4.51. The smallest absolute Gasteiger partial charge is 0.157 e. The normalized spacial score (nSPS) is 31.9. The van der Waals surface area contributed by atoms with Gasteiger partial charge in [-0.05, 0) is 12.8 Å². The Morgan fingerprint density at radius 3 is 2.83 bits per heavy atom. The fourth-order valence-corrected chi connectivity index (χ4v) is 1.45. The lowest BCUT2D eigenvalue weighted by Crippen LogP contribution is -2.50. The van der Waals surface area contributed by atoms with Crippen molar-refractivity contribution in [3.63, 3.8) is 0 Å². The van der Waals surface area contributed by atoms with Crippen molar-refractivity contribution in [1.29, 1.82) is 0 Å². The van der Waals surface area contributed by atoms with Gasteiger partial charge in [0.15, 0.2) is 5.78 Å². The van der Waals surface area contributed by atoms with Crippen molar-refractivity contribution < 1.29 is 9.53 Å². The molecule has 0 spiro atoms. The van der Waals surface area contributed by atoms with Crippen molar-refractivity contribution in [2.45, 2.75) is 32.2 Å². The van der Waals surface area contributed by atoms with Crippen molar-refractivity contribution in [2.75, 3.05) is 13.2 Å². The summed E-state index contributed by atoms with van der Waals surface area (Å²) >= 11 is 0. The molecule has 1 heterocycles. The summed E-state index contributed by atoms with van der Waals surface area (Å²) in [5, 5.41) is 0. The molecular formula is C9H17NO2. The maximum Gasteiger partial charge on any atom is 0.157 e. The predicted molar refractivity (Wildman–Crippen MR) is 46.8 cm³/mol. The zero-order valence-corrected chi connectivity index (χ0v) is 7.80. The molecule has 0 bridgehead atoms. The molecular weight excluding hydrogens is 154 g/mol. The Morgan fingerprint density at radius 1 is 1.75 bits per heavy atom. The summed E-state index contributed by atoms with van der Waals surface area (Å²) in [6.07, 6.45) is 1.54. The standard InChI is InChI=1S/C9H17NO2/c1-3-7(2)8(11)9(10)4-5-12-6-9/h7H,3-6,10H2,1-2H3. The van der Waals surface area contributed by atoms with Crippen molar-refractivity contribution in [1.82, 2.24) is 0 Å². The molecule has 2 atom stereocenters. The van der Waals surface area contributed by atoms with Crippen LogP contribution in [0.5, 0.6) is 0 Å². The molecule has 3 heteroatoms. The second-order valence-electron chi connectivity index (χ2n) is 3.63. The van der Waals surface area contributed by atoms with Crippen molar-refractivity contribution in [2.24, 2.45) is 11.7 Å². The highest BCUT2D eigenvalue weighted by Gasteiger charge is 2.39. The number of carbonyl (C=O) groups is 1.